The normalized spacial score (nSPS) is 10.0. The van der Waals surface area contributed by atoms with Gasteiger partial charge in [0.2, 0.25) is 5.91 Å². The Balaban J connectivity index is 2.56. The molecular weight excluding hydrogens is 386 g/mol. The summed E-state index contributed by atoms with van der Waals surface area (Å²) >= 11 is 4.95. The molecule has 1 aromatic carbocycles. The number of ether oxygens (including phenoxy) is 2. The summed E-state index contributed by atoms with van der Waals surface area (Å²) in [5.74, 6) is -0.943. The first kappa shape index (κ1) is 19.5. The fourth-order valence-corrected chi connectivity index (χ4v) is 3.15. The second-order valence-electron chi connectivity index (χ2n) is 4.43. The van der Waals surface area contributed by atoms with Crippen LogP contribution in [0.1, 0.15) is 6.42 Å². The van der Waals surface area contributed by atoms with E-state index in [4.69, 9.17) is 0 Å². The number of carbonyl (C=O) groups excluding carboxylic acids is 3. The summed E-state index contributed by atoms with van der Waals surface area (Å²) in [7, 11) is 2.46. The fraction of sp³-hybridized carbons (Fsp3) is 0.400. The van der Waals surface area contributed by atoms with Gasteiger partial charge in [-0.1, -0.05) is 12.1 Å². The van der Waals surface area contributed by atoms with Gasteiger partial charge in [-0.25, -0.2) is 0 Å². The first-order valence-electron chi connectivity index (χ1n) is 6.76. The maximum absolute atomic E-state index is 12.2. The molecule has 23 heavy (non-hydrogen) atoms. The Hall–Kier alpha value is -1.54. The maximum atomic E-state index is 12.2. The van der Waals surface area contributed by atoms with Crippen molar-refractivity contribution >= 4 is 45.5 Å². The van der Waals surface area contributed by atoms with Gasteiger partial charge in [0, 0.05) is 21.5 Å². The first-order chi connectivity index (χ1) is 11.0. The van der Waals surface area contributed by atoms with Crippen LogP contribution in [-0.2, 0) is 23.9 Å². The number of halogens is 1. The molecule has 1 amide bonds. The summed E-state index contributed by atoms with van der Waals surface area (Å²) in [6, 6.07) is 7.69. The Labute approximate surface area is 147 Å². The number of methoxy groups -OCH3 is 2. The smallest absolute Gasteiger partial charge is 0.325 e. The van der Waals surface area contributed by atoms with Crippen molar-refractivity contribution in [2.24, 2.45) is 0 Å². The summed E-state index contributed by atoms with van der Waals surface area (Å²) in [4.78, 5) is 37.1. The third kappa shape index (κ3) is 7.04. The van der Waals surface area contributed by atoms with E-state index in [2.05, 4.69) is 25.4 Å². The van der Waals surface area contributed by atoms with E-state index in [0.29, 0.717) is 5.75 Å². The number of thioether (sulfide) groups is 1. The summed E-state index contributed by atoms with van der Waals surface area (Å²) in [5.41, 5.74) is 0. The first-order valence-corrected chi connectivity index (χ1v) is 8.54. The monoisotopic (exact) mass is 403 g/mol. The highest BCUT2D eigenvalue weighted by molar-refractivity contribution is 9.10. The molecule has 0 aliphatic heterocycles. The van der Waals surface area contributed by atoms with Crippen LogP contribution in [0.5, 0.6) is 0 Å². The molecular formula is C15H18BrNO5S. The van der Waals surface area contributed by atoms with Crippen molar-refractivity contribution in [1.29, 1.82) is 0 Å². The molecule has 0 aromatic heterocycles. The molecule has 0 spiro atoms. The molecule has 0 atom stereocenters. The molecule has 0 fully saturated rings. The number of rotatable bonds is 8. The molecule has 0 bridgehead atoms. The van der Waals surface area contributed by atoms with E-state index in [0.717, 1.165) is 14.3 Å². The lowest BCUT2D eigenvalue weighted by atomic mass is 10.3. The highest BCUT2D eigenvalue weighted by atomic mass is 79.9. The average molecular weight is 404 g/mol. The predicted octanol–water partition coefficient (Wildman–Crippen LogP) is 2.11. The van der Waals surface area contributed by atoms with Gasteiger partial charge in [-0.2, -0.15) is 0 Å². The minimum absolute atomic E-state index is 0.194. The number of nitrogens with zero attached hydrogens (tertiary/aromatic N) is 1. The summed E-state index contributed by atoms with van der Waals surface area (Å²) < 4.78 is 10.0. The van der Waals surface area contributed by atoms with Crippen molar-refractivity contribution in [3.8, 4) is 0 Å². The lowest BCUT2D eigenvalue weighted by Gasteiger charge is -2.20. The molecule has 1 rings (SSSR count). The van der Waals surface area contributed by atoms with Crippen LogP contribution in [0.4, 0.5) is 0 Å². The van der Waals surface area contributed by atoms with Crippen LogP contribution in [0.25, 0.3) is 0 Å². The van der Waals surface area contributed by atoms with E-state index in [9.17, 15) is 14.4 Å². The molecule has 0 aliphatic carbocycles. The molecule has 0 aliphatic rings. The second-order valence-corrected chi connectivity index (χ2v) is 6.42. The number of hydrogen-bond donors (Lipinski definition) is 0. The van der Waals surface area contributed by atoms with Gasteiger partial charge in [-0.3, -0.25) is 14.4 Å². The second kappa shape index (κ2) is 10.3. The average Bonchev–Trinajstić information content (AvgIpc) is 2.55. The van der Waals surface area contributed by atoms with Gasteiger partial charge in [-0.15, -0.1) is 11.8 Å². The van der Waals surface area contributed by atoms with Gasteiger partial charge in [0.05, 0.1) is 14.2 Å². The van der Waals surface area contributed by atoms with E-state index in [1.807, 2.05) is 24.3 Å². The Kier molecular flexibility index (Phi) is 8.71. The molecule has 1 aromatic rings. The Morgan fingerprint density at radius 1 is 1.09 bits per heavy atom. The predicted molar refractivity (Wildman–Crippen MR) is 90.1 cm³/mol. The number of carbonyl (C=O) groups is 3. The van der Waals surface area contributed by atoms with Crippen molar-refractivity contribution in [2.75, 3.05) is 33.1 Å². The SMILES string of the molecule is COC(=O)CN(CC(=O)OC)C(=O)CCSc1ccccc1Br. The van der Waals surface area contributed by atoms with Crippen molar-refractivity contribution in [3.05, 3.63) is 28.7 Å². The van der Waals surface area contributed by atoms with Crippen molar-refractivity contribution in [3.63, 3.8) is 0 Å². The fourth-order valence-electron chi connectivity index (χ4n) is 1.64. The molecule has 0 unspecified atom stereocenters. The zero-order valence-electron chi connectivity index (χ0n) is 12.9. The molecule has 0 heterocycles. The molecule has 0 saturated heterocycles. The molecule has 0 N–H and O–H groups in total. The van der Waals surface area contributed by atoms with Crippen LogP contribution in [0.15, 0.2) is 33.6 Å². The van der Waals surface area contributed by atoms with E-state index in [1.54, 1.807) is 0 Å². The van der Waals surface area contributed by atoms with Crippen LogP contribution in [0.3, 0.4) is 0 Å². The minimum atomic E-state index is -0.583. The van der Waals surface area contributed by atoms with Gasteiger partial charge in [0.25, 0.3) is 0 Å². The Bertz CT molecular complexity index is 549. The van der Waals surface area contributed by atoms with E-state index >= 15 is 0 Å². The molecule has 126 valence electrons. The summed E-state index contributed by atoms with van der Waals surface area (Å²) in [6.45, 7) is -0.547. The quantitative estimate of drug-likeness (QED) is 0.488. The Morgan fingerprint density at radius 2 is 1.65 bits per heavy atom. The largest absolute Gasteiger partial charge is 0.468 e. The van der Waals surface area contributed by atoms with Gasteiger partial charge in [-0.05, 0) is 28.1 Å². The third-order valence-corrected chi connectivity index (χ3v) is 4.89. The molecule has 0 saturated carbocycles. The van der Waals surface area contributed by atoms with Crippen LogP contribution >= 0.6 is 27.7 Å². The van der Waals surface area contributed by atoms with Gasteiger partial charge >= 0.3 is 11.9 Å². The number of esters is 2. The number of benzene rings is 1. The highest BCUT2D eigenvalue weighted by Gasteiger charge is 2.20. The highest BCUT2D eigenvalue weighted by Crippen LogP contribution is 2.27. The lowest BCUT2D eigenvalue weighted by molar-refractivity contribution is -0.151. The van der Waals surface area contributed by atoms with E-state index < -0.39 is 11.9 Å². The molecule has 6 nitrogen and oxygen atoms in total. The topological polar surface area (TPSA) is 72.9 Å². The van der Waals surface area contributed by atoms with Crippen LogP contribution in [0, 0.1) is 0 Å². The van der Waals surface area contributed by atoms with E-state index in [-0.39, 0.29) is 25.4 Å². The van der Waals surface area contributed by atoms with Crippen LogP contribution in [0.2, 0.25) is 0 Å². The van der Waals surface area contributed by atoms with E-state index in [1.165, 1.54) is 26.0 Å². The van der Waals surface area contributed by atoms with Crippen molar-refractivity contribution in [2.45, 2.75) is 11.3 Å². The van der Waals surface area contributed by atoms with Crippen LogP contribution < -0.4 is 0 Å². The standard InChI is InChI=1S/C15H18BrNO5S/c1-21-14(19)9-17(10-15(20)22-2)13(18)7-8-23-12-6-4-3-5-11(12)16/h3-6H,7-10H2,1-2H3. The van der Waals surface area contributed by atoms with Crippen molar-refractivity contribution < 1.29 is 23.9 Å². The summed E-state index contributed by atoms with van der Waals surface area (Å²) in [6.07, 6.45) is 0.194. The number of amides is 1. The van der Waals surface area contributed by atoms with Gasteiger partial charge < -0.3 is 14.4 Å². The molecule has 0 radical (unpaired) electrons. The van der Waals surface area contributed by atoms with Crippen molar-refractivity contribution in [1.82, 2.24) is 4.90 Å². The zero-order valence-corrected chi connectivity index (χ0v) is 15.3. The lowest BCUT2D eigenvalue weighted by Crippen LogP contribution is -2.40. The maximum Gasteiger partial charge on any atom is 0.325 e. The third-order valence-electron chi connectivity index (χ3n) is 2.86. The summed E-state index contributed by atoms with van der Waals surface area (Å²) in [5, 5.41) is 0. The van der Waals surface area contributed by atoms with Gasteiger partial charge in [0.15, 0.2) is 0 Å². The van der Waals surface area contributed by atoms with Crippen LogP contribution in [-0.4, -0.2) is 55.8 Å². The number of hydrogen-bond acceptors (Lipinski definition) is 6. The molecule has 8 heteroatoms. The zero-order chi connectivity index (χ0) is 17.2. The van der Waals surface area contributed by atoms with Gasteiger partial charge in [0.1, 0.15) is 13.1 Å². The Morgan fingerprint density at radius 3 is 2.17 bits per heavy atom. The minimum Gasteiger partial charge on any atom is -0.468 e.